The Labute approximate surface area is 237 Å². The maximum absolute atomic E-state index is 11.8. The molecule has 0 bridgehead atoms. The third kappa shape index (κ3) is 4.95. The zero-order valence-corrected chi connectivity index (χ0v) is 24.7. The minimum absolute atomic E-state index is 0.187. The van der Waals surface area contributed by atoms with Crippen molar-refractivity contribution in [1.82, 2.24) is 14.9 Å². The van der Waals surface area contributed by atoms with Crippen LogP contribution in [-0.2, 0) is 10.0 Å². The molecule has 1 aliphatic heterocycles. The van der Waals surface area contributed by atoms with Gasteiger partial charge >= 0.3 is 0 Å². The van der Waals surface area contributed by atoms with Gasteiger partial charge in [-0.15, -0.1) is 0 Å². The van der Waals surface area contributed by atoms with E-state index < -0.39 is 10.0 Å². The Balaban J connectivity index is 1.66. The monoisotopic (exact) mass is 609 g/mol. The van der Waals surface area contributed by atoms with Gasteiger partial charge in [-0.05, 0) is 109 Å². The number of pyridine rings is 1. The lowest BCUT2D eigenvalue weighted by molar-refractivity contribution is 0.565. The minimum Gasteiger partial charge on any atom is -0.351 e. The highest BCUT2D eigenvalue weighted by molar-refractivity contribution is 9.10. The predicted molar refractivity (Wildman–Crippen MR) is 161 cm³/mol. The first-order valence-electron chi connectivity index (χ1n) is 12.1. The van der Waals surface area contributed by atoms with E-state index in [0.717, 1.165) is 50.3 Å². The van der Waals surface area contributed by atoms with Crippen LogP contribution >= 0.6 is 28.1 Å². The standard InChI is InChI=1S/C28H28BrN5O2S2/c1-17-15-20(12-13-23(17)32-38(4,35)36)34-27(26(31-28(34)37)24-10-7-8-14-30-24)21-16-18(2)33(19(21)3)25-11-6-5-9-22(25)29/h5-16,26-27,32H,1-4H3,(H,31,37)/t26-,27+/m0/s1. The van der Waals surface area contributed by atoms with E-state index in [1.165, 1.54) is 0 Å². The van der Waals surface area contributed by atoms with Crippen LogP contribution in [0.3, 0.4) is 0 Å². The molecule has 1 aliphatic rings. The number of hydrogen-bond acceptors (Lipinski definition) is 4. The highest BCUT2D eigenvalue weighted by Crippen LogP contribution is 2.44. The van der Waals surface area contributed by atoms with E-state index in [1.807, 2.05) is 55.5 Å². The molecule has 7 nitrogen and oxygen atoms in total. The summed E-state index contributed by atoms with van der Waals surface area (Å²) in [4.78, 5) is 6.77. The van der Waals surface area contributed by atoms with Crippen molar-refractivity contribution >= 4 is 54.7 Å². The van der Waals surface area contributed by atoms with Crippen molar-refractivity contribution in [3.8, 4) is 5.69 Å². The summed E-state index contributed by atoms with van der Waals surface area (Å²) in [6, 6.07) is 21.5. The van der Waals surface area contributed by atoms with Crippen LogP contribution in [0.2, 0.25) is 0 Å². The van der Waals surface area contributed by atoms with E-state index in [2.05, 4.69) is 66.4 Å². The fraction of sp³-hybridized carbons (Fsp3) is 0.214. The Morgan fingerprint density at radius 3 is 2.42 bits per heavy atom. The van der Waals surface area contributed by atoms with Gasteiger partial charge in [-0.1, -0.05) is 18.2 Å². The Hall–Kier alpha value is -3.21. The Bertz CT molecular complexity index is 1640. The van der Waals surface area contributed by atoms with Gasteiger partial charge in [0.25, 0.3) is 0 Å². The number of benzene rings is 2. The van der Waals surface area contributed by atoms with Crippen LogP contribution in [0.1, 0.15) is 40.3 Å². The van der Waals surface area contributed by atoms with Gasteiger partial charge in [0.05, 0.1) is 35.4 Å². The second kappa shape index (κ2) is 10.2. The number of nitrogens with zero attached hydrogens (tertiary/aromatic N) is 3. The van der Waals surface area contributed by atoms with Crippen LogP contribution in [0.25, 0.3) is 5.69 Å². The Morgan fingerprint density at radius 1 is 1.03 bits per heavy atom. The number of anilines is 2. The lowest BCUT2D eigenvalue weighted by atomic mass is 9.96. The fourth-order valence-electron chi connectivity index (χ4n) is 5.15. The number of thiocarbonyl (C=S) groups is 1. The van der Waals surface area contributed by atoms with Gasteiger partial charge in [-0.2, -0.15) is 0 Å². The molecule has 1 saturated heterocycles. The molecule has 38 heavy (non-hydrogen) atoms. The van der Waals surface area contributed by atoms with Crippen LogP contribution < -0.4 is 14.9 Å². The van der Waals surface area contributed by atoms with Gasteiger partial charge in [0.1, 0.15) is 0 Å². The van der Waals surface area contributed by atoms with Crippen molar-refractivity contribution in [1.29, 1.82) is 0 Å². The van der Waals surface area contributed by atoms with E-state index in [4.69, 9.17) is 12.2 Å². The third-order valence-electron chi connectivity index (χ3n) is 6.76. The smallest absolute Gasteiger partial charge is 0.229 e. The summed E-state index contributed by atoms with van der Waals surface area (Å²) in [5, 5.41) is 4.09. The molecule has 0 radical (unpaired) electrons. The minimum atomic E-state index is -3.40. The molecule has 2 N–H and O–H groups in total. The summed E-state index contributed by atoms with van der Waals surface area (Å²) >= 11 is 9.61. The summed E-state index contributed by atoms with van der Waals surface area (Å²) in [5.74, 6) is 0. The van der Waals surface area contributed by atoms with Gasteiger partial charge in [0, 0.05) is 27.7 Å². The molecule has 10 heteroatoms. The molecule has 0 spiro atoms. The average Bonchev–Trinajstić information content (AvgIpc) is 3.36. The zero-order valence-electron chi connectivity index (χ0n) is 21.4. The zero-order chi connectivity index (χ0) is 27.2. The summed E-state index contributed by atoms with van der Waals surface area (Å²) in [6.07, 6.45) is 2.94. The Morgan fingerprint density at radius 2 is 1.76 bits per heavy atom. The van der Waals surface area contributed by atoms with Gasteiger partial charge in [-0.25, -0.2) is 8.42 Å². The molecule has 0 aliphatic carbocycles. The molecular weight excluding hydrogens is 582 g/mol. The second-order valence-electron chi connectivity index (χ2n) is 9.48. The highest BCUT2D eigenvalue weighted by Gasteiger charge is 2.42. The molecule has 0 amide bonds. The number of sulfonamides is 1. The van der Waals surface area contributed by atoms with Gasteiger partial charge < -0.3 is 14.8 Å². The van der Waals surface area contributed by atoms with Crippen molar-refractivity contribution in [2.75, 3.05) is 15.9 Å². The van der Waals surface area contributed by atoms with Crippen molar-refractivity contribution in [2.45, 2.75) is 32.9 Å². The number of rotatable bonds is 6. The normalized spacial score (nSPS) is 17.5. The molecule has 2 aromatic carbocycles. The lowest BCUT2D eigenvalue weighted by Gasteiger charge is -2.29. The number of aryl methyl sites for hydroxylation is 2. The quantitative estimate of drug-likeness (QED) is 0.257. The van der Waals surface area contributed by atoms with Crippen LogP contribution in [0.5, 0.6) is 0 Å². The van der Waals surface area contributed by atoms with Crippen molar-refractivity contribution < 1.29 is 8.42 Å². The van der Waals surface area contributed by atoms with Gasteiger partial charge in [0.15, 0.2) is 5.11 Å². The summed E-state index contributed by atoms with van der Waals surface area (Å²) in [6.45, 7) is 6.11. The molecule has 3 heterocycles. The highest BCUT2D eigenvalue weighted by atomic mass is 79.9. The largest absolute Gasteiger partial charge is 0.351 e. The molecule has 1 fully saturated rings. The van der Waals surface area contributed by atoms with E-state index >= 15 is 0 Å². The third-order valence-corrected chi connectivity index (χ3v) is 8.34. The van der Waals surface area contributed by atoms with Crippen LogP contribution in [0, 0.1) is 20.8 Å². The number of hydrogen-bond donors (Lipinski definition) is 2. The first-order chi connectivity index (χ1) is 18.0. The maximum Gasteiger partial charge on any atom is 0.229 e. The molecule has 4 aromatic rings. The van der Waals surface area contributed by atoms with Gasteiger partial charge in [0.2, 0.25) is 10.0 Å². The second-order valence-corrected chi connectivity index (χ2v) is 12.5. The van der Waals surface area contributed by atoms with E-state index in [9.17, 15) is 8.42 Å². The van der Waals surface area contributed by atoms with Crippen molar-refractivity contribution in [2.24, 2.45) is 0 Å². The van der Waals surface area contributed by atoms with Crippen molar-refractivity contribution in [3.63, 3.8) is 0 Å². The number of aromatic nitrogens is 2. The Kier molecular flexibility index (Phi) is 7.06. The lowest BCUT2D eigenvalue weighted by Crippen LogP contribution is -2.29. The van der Waals surface area contributed by atoms with E-state index in [0.29, 0.717) is 10.8 Å². The van der Waals surface area contributed by atoms with Crippen LogP contribution in [0.4, 0.5) is 11.4 Å². The first kappa shape index (κ1) is 26.4. The van der Waals surface area contributed by atoms with E-state index in [1.54, 1.807) is 12.3 Å². The molecular formula is C28H28BrN5O2S2. The van der Waals surface area contributed by atoms with Crippen LogP contribution in [-0.4, -0.2) is 29.3 Å². The first-order valence-corrected chi connectivity index (χ1v) is 15.2. The summed E-state index contributed by atoms with van der Waals surface area (Å²) < 4.78 is 29.5. The maximum atomic E-state index is 11.8. The molecule has 5 rings (SSSR count). The molecule has 0 saturated carbocycles. The average molecular weight is 611 g/mol. The van der Waals surface area contributed by atoms with Gasteiger partial charge in [-0.3, -0.25) is 9.71 Å². The molecule has 196 valence electrons. The predicted octanol–water partition coefficient (Wildman–Crippen LogP) is 6.11. The summed E-state index contributed by atoms with van der Waals surface area (Å²) in [7, 11) is -3.40. The van der Waals surface area contributed by atoms with Crippen LogP contribution in [0.15, 0.2) is 77.4 Å². The number of para-hydroxylation sites is 1. The number of halogens is 1. The molecule has 2 aromatic heterocycles. The number of nitrogens with one attached hydrogen (secondary N) is 2. The summed E-state index contributed by atoms with van der Waals surface area (Å²) in [5.41, 5.74) is 7.49. The van der Waals surface area contributed by atoms with Crippen molar-refractivity contribution in [3.05, 3.63) is 106 Å². The van der Waals surface area contributed by atoms with E-state index in [-0.39, 0.29) is 12.1 Å². The molecule has 2 atom stereocenters. The molecule has 0 unspecified atom stereocenters. The topological polar surface area (TPSA) is 79.3 Å². The fourth-order valence-corrected chi connectivity index (χ4v) is 6.59. The SMILES string of the molecule is Cc1cc(N2C(=S)N[C@@H](c3ccccn3)[C@H]2c2cc(C)n(-c3ccccc3Br)c2C)ccc1NS(C)(=O)=O.